The highest BCUT2D eigenvalue weighted by atomic mass is 16.2. The van der Waals surface area contributed by atoms with Crippen LogP contribution in [0.3, 0.4) is 0 Å². The van der Waals surface area contributed by atoms with E-state index in [0.29, 0.717) is 19.5 Å². The van der Waals surface area contributed by atoms with E-state index in [1.807, 2.05) is 66.9 Å². The molecular weight excluding hydrogens is 322 g/mol. The number of carbonyl (C=O) groups excluding carboxylic acids is 1. The SMILES string of the molecule is CN(Cc1ccccc1)C(=O)/C=C/c1cn(CCC#N)c2ccccc12. The summed E-state index contributed by atoms with van der Waals surface area (Å²) in [6.45, 7) is 1.22. The molecule has 4 heteroatoms. The molecule has 0 bridgehead atoms. The molecule has 0 N–H and O–H groups in total. The van der Waals surface area contributed by atoms with Crippen molar-refractivity contribution in [3.63, 3.8) is 0 Å². The second kappa shape index (κ2) is 8.17. The highest BCUT2D eigenvalue weighted by Gasteiger charge is 2.08. The molecule has 2 aromatic carbocycles. The molecule has 0 aliphatic rings. The van der Waals surface area contributed by atoms with Crippen LogP contribution in [0.15, 0.2) is 66.9 Å². The molecule has 26 heavy (non-hydrogen) atoms. The maximum absolute atomic E-state index is 12.4. The first-order chi connectivity index (χ1) is 12.7. The monoisotopic (exact) mass is 343 g/mol. The van der Waals surface area contributed by atoms with Crippen LogP contribution in [0.1, 0.15) is 17.5 Å². The van der Waals surface area contributed by atoms with Crippen LogP contribution in [0.5, 0.6) is 0 Å². The van der Waals surface area contributed by atoms with Crippen molar-refractivity contribution in [3.05, 3.63) is 78.0 Å². The number of hydrogen-bond acceptors (Lipinski definition) is 2. The summed E-state index contributed by atoms with van der Waals surface area (Å²) in [5.74, 6) is -0.0392. The van der Waals surface area contributed by atoms with Gasteiger partial charge in [-0.3, -0.25) is 4.79 Å². The molecule has 1 heterocycles. The van der Waals surface area contributed by atoms with E-state index in [4.69, 9.17) is 5.26 Å². The number of aryl methyl sites for hydroxylation is 1. The maximum atomic E-state index is 12.4. The molecule has 0 spiro atoms. The third-order valence-electron chi connectivity index (χ3n) is 4.33. The third-order valence-corrected chi connectivity index (χ3v) is 4.33. The second-order valence-corrected chi connectivity index (χ2v) is 6.22. The topological polar surface area (TPSA) is 49.0 Å². The number of hydrogen-bond donors (Lipinski definition) is 0. The van der Waals surface area contributed by atoms with Crippen LogP contribution in [-0.2, 0) is 17.9 Å². The summed E-state index contributed by atoms with van der Waals surface area (Å²) in [6, 6.07) is 20.1. The molecule has 1 aromatic heterocycles. The summed E-state index contributed by atoms with van der Waals surface area (Å²) in [6.07, 6.45) is 5.93. The molecular formula is C22H21N3O. The van der Waals surface area contributed by atoms with E-state index in [1.165, 1.54) is 0 Å². The van der Waals surface area contributed by atoms with Crippen LogP contribution >= 0.6 is 0 Å². The number of fused-ring (bicyclic) bond motifs is 1. The average molecular weight is 343 g/mol. The van der Waals surface area contributed by atoms with Gasteiger partial charge in [0.15, 0.2) is 0 Å². The first kappa shape index (κ1) is 17.5. The first-order valence-corrected chi connectivity index (χ1v) is 8.61. The van der Waals surface area contributed by atoms with E-state index in [-0.39, 0.29) is 5.91 Å². The zero-order valence-electron chi connectivity index (χ0n) is 14.8. The van der Waals surface area contributed by atoms with Gasteiger partial charge in [0.1, 0.15) is 0 Å². The van der Waals surface area contributed by atoms with Gasteiger partial charge in [0.2, 0.25) is 5.91 Å². The Bertz CT molecular complexity index is 964. The second-order valence-electron chi connectivity index (χ2n) is 6.22. The Labute approximate surface area is 153 Å². The van der Waals surface area contributed by atoms with E-state index in [2.05, 4.69) is 10.6 Å². The van der Waals surface area contributed by atoms with E-state index in [1.54, 1.807) is 18.0 Å². The lowest BCUT2D eigenvalue weighted by molar-refractivity contribution is -0.125. The van der Waals surface area contributed by atoms with Crippen LogP contribution < -0.4 is 0 Å². The number of nitrogens with zero attached hydrogens (tertiary/aromatic N) is 3. The Morgan fingerprint density at radius 3 is 2.65 bits per heavy atom. The van der Waals surface area contributed by atoms with Crippen molar-refractivity contribution in [2.24, 2.45) is 0 Å². The molecule has 0 aliphatic heterocycles. The number of nitriles is 1. The van der Waals surface area contributed by atoms with Crippen molar-refractivity contribution in [3.8, 4) is 6.07 Å². The van der Waals surface area contributed by atoms with Gasteiger partial charge < -0.3 is 9.47 Å². The fraction of sp³-hybridized carbons (Fsp3) is 0.182. The number of amides is 1. The molecule has 0 fully saturated rings. The molecule has 0 radical (unpaired) electrons. The molecule has 0 aliphatic carbocycles. The normalized spacial score (nSPS) is 10.9. The number of carbonyl (C=O) groups is 1. The summed E-state index contributed by atoms with van der Waals surface area (Å²) in [5, 5.41) is 9.92. The van der Waals surface area contributed by atoms with E-state index in [9.17, 15) is 4.79 Å². The quantitative estimate of drug-likeness (QED) is 0.629. The number of rotatable bonds is 6. The number of aromatic nitrogens is 1. The zero-order chi connectivity index (χ0) is 18.4. The zero-order valence-corrected chi connectivity index (χ0v) is 14.8. The minimum absolute atomic E-state index is 0.0392. The standard InChI is InChI=1S/C22H21N3O/c1-24(16-18-8-3-2-4-9-18)22(26)13-12-19-17-25(15-7-14-23)21-11-6-5-10-20(19)21/h2-6,8-13,17H,7,15-16H2,1H3/b13-12+. The molecule has 3 rings (SSSR count). The maximum Gasteiger partial charge on any atom is 0.246 e. The van der Waals surface area contributed by atoms with Crippen LogP contribution in [0.2, 0.25) is 0 Å². The van der Waals surface area contributed by atoms with Crippen molar-refractivity contribution >= 4 is 22.9 Å². The van der Waals surface area contributed by atoms with E-state index in [0.717, 1.165) is 22.0 Å². The van der Waals surface area contributed by atoms with Gasteiger partial charge in [0.25, 0.3) is 0 Å². The summed E-state index contributed by atoms with van der Waals surface area (Å²) in [4.78, 5) is 14.1. The minimum atomic E-state index is -0.0392. The van der Waals surface area contributed by atoms with Crippen molar-refractivity contribution in [2.45, 2.75) is 19.5 Å². The molecule has 0 saturated heterocycles. The Balaban J connectivity index is 1.77. The van der Waals surface area contributed by atoms with Gasteiger partial charge in [-0.15, -0.1) is 0 Å². The smallest absolute Gasteiger partial charge is 0.246 e. The minimum Gasteiger partial charge on any atom is -0.346 e. The molecule has 130 valence electrons. The largest absolute Gasteiger partial charge is 0.346 e. The molecule has 0 atom stereocenters. The van der Waals surface area contributed by atoms with Gasteiger partial charge in [-0.1, -0.05) is 48.5 Å². The highest BCUT2D eigenvalue weighted by Crippen LogP contribution is 2.23. The van der Waals surface area contributed by atoms with E-state index >= 15 is 0 Å². The average Bonchev–Trinajstić information content (AvgIpc) is 3.03. The van der Waals surface area contributed by atoms with Gasteiger partial charge in [0, 0.05) is 48.9 Å². The Hall–Kier alpha value is -3.32. The van der Waals surface area contributed by atoms with Crippen molar-refractivity contribution in [2.75, 3.05) is 7.05 Å². The van der Waals surface area contributed by atoms with Gasteiger partial charge in [-0.05, 0) is 17.7 Å². The predicted molar refractivity (Wildman–Crippen MR) is 104 cm³/mol. The molecule has 1 amide bonds. The van der Waals surface area contributed by atoms with Crippen molar-refractivity contribution < 1.29 is 4.79 Å². The van der Waals surface area contributed by atoms with Crippen LogP contribution in [0, 0.1) is 11.3 Å². The lowest BCUT2D eigenvalue weighted by atomic mass is 10.1. The Morgan fingerprint density at radius 2 is 1.88 bits per heavy atom. The molecule has 3 aromatic rings. The lowest BCUT2D eigenvalue weighted by Gasteiger charge is -2.14. The number of likely N-dealkylation sites (N-methyl/N-ethyl adjacent to an activating group) is 1. The lowest BCUT2D eigenvalue weighted by Crippen LogP contribution is -2.23. The Kier molecular flexibility index (Phi) is 5.50. The van der Waals surface area contributed by atoms with Gasteiger partial charge in [-0.25, -0.2) is 0 Å². The number of benzene rings is 2. The van der Waals surface area contributed by atoms with Crippen molar-refractivity contribution in [1.82, 2.24) is 9.47 Å². The molecule has 4 nitrogen and oxygen atoms in total. The third kappa shape index (κ3) is 4.01. The summed E-state index contributed by atoms with van der Waals surface area (Å²) in [5.41, 5.74) is 3.16. The van der Waals surface area contributed by atoms with E-state index < -0.39 is 0 Å². The van der Waals surface area contributed by atoms with Gasteiger partial charge >= 0.3 is 0 Å². The van der Waals surface area contributed by atoms with Crippen LogP contribution in [-0.4, -0.2) is 22.4 Å². The summed E-state index contributed by atoms with van der Waals surface area (Å²) < 4.78 is 2.07. The van der Waals surface area contributed by atoms with Crippen LogP contribution in [0.25, 0.3) is 17.0 Å². The first-order valence-electron chi connectivity index (χ1n) is 8.61. The van der Waals surface area contributed by atoms with Gasteiger partial charge in [-0.2, -0.15) is 5.26 Å². The number of para-hydroxylation sites is 1. The highest BCUT2D eigenvalue weighted by molar-refractivity contribution is 5.96. The molecule has 0 unspecified atom stereocenters. The summed E-state index contributed by atoms with van der Waals surface area (Å²) in [7, 11) is 1.80. The summed E-state index contributed by atoms with van der Waals surface area (Å²) >= 11 is 0. The van der Waals surface area contributed by atoms with Crippen molar-refractivity contribution in [1.29, 1.82) is 5.26 Å². The Morgan fingerprint density at radius 1 is 1.15 bits per heavy atom. The predicted octanol–water partition coefficient (Wildman–Crippen LogP) is 4.23. The van der Waals surface area contributed by atoms with Gasteiger partial charge in [0.05, 0.1) is 12.5 Å². The molecule has 0 saturated carbocycles. The van der Waals surface area contributed by atoms with Crippen LogP contribution in [0.4, 0.5) is 0 Å². The fourth-order valence-corrected chi connectivity index (χ4v) is 2.99. The fourth-order valence-electron chi connectivity index (χ4n) is 2.99.